The molecule has 0 saturated carbocycles. The molecule has 0 aliphatic heterocycles. The Morgan fingerprint density at radius 1 is 1.24 bits per heavy atom. The van der Waals surface area contributed by atoms with E-state index in [-0.39, 0.29) is 5.97 Å². The van der Waals surface area contributed by atoms with Crippen molar-refractivity contribution >= 4 is 18.2 Å². The van der Waals surface area contributed by atoms with E-state index in [1.807, 2.05) is 38.5 Å². The van der Waals surface area contributed by atoms with E-state index in [9.17, 15) is 4.79 Å². The number of pyridine rings is 1. The van der Waals surface area contributed by atoms with Crippen LogP contribution in [0.15, 0.2) is 6.07 Å². The Morgan fingerprint density at radius 3 is 2.43 bits per heavy atom. The van der Waals surface area contributed by atoms with Crippen LogP contribution in [0.25, 0.3) is 11.4 Å². The number of methoxy groups -OCH3 is 1. The maximum atomic E-state index is 11.9. The maximum Gasteiger partial charge on any atom is 0.356 e. The smallest absolute Gasteiger partial charge is 0.356 e. The molecule has 0 aromatic carbocycles. The van der Waals surface area contributed by atoms with Crippen molar-refractivity contribution in [2.75, 3.05) is 7.11 Å². The summed E-state index contributed by atoms with van der Waals surface area (Å²) in [5, 5.41) is 4.49. The summed E-state index contributed by atoms with van der Waals surface area (Å²) >= 11 is 5.44. The molecule has 6 heteroatoms. The zero-order valence-electron chi connectivity index (χ0n) is 13.1. The van der Waals surface area contributed by atoms with Gasteiger partial charge in [-0.15, -0.1) is 0 Å². The molecule has 0 spiro atoms. The molecule has 5 nitrogen and oxygen atoms in total. The summed E-state index contributed by atoms with van der Waals surface area (Å²) in [6.45, 7) is 5.88. The number of esters is 1. The van der Waals surface area contributed by atoms with Crippen LogP contribution in [0.2, 0.25) is 0 Å². The zero-order chi connectivity index (χ0) is 15.9. The van der Waals surface area contributed by atoms with Crippen LogP contribution < -0.4 is 0 Å². The van der Waals surface area contributed by atoms with Crippen molar-refractivity contribution in [1.82, 2.24) is 14.3 Å². The molecule has 21 heavy (non-hydrogen) atoms. The van der Waals surface area contributed by atoms with Crippen LogP contribution >= 0.6 is 12.2 Å². The predicted octanol–water partition coefficient (Wildman–Crippen LogP) is 2.87. The summed E-state index contributed by atoms with van der Waals surface area (Å²) in [4.78, 5) is 11.9. The topological polar surface area (TPSA) is 49.1 Å². The number of hydrogen-bond donors (Lipinski definition) is 0. The number of aryl methyl sites for hydroxylation is 3. The average Bonchev–Trinajstić information content (AvgIpc) is 2.71. The zero-order valence-corrected chi connectivity index (χ0v) is 14.0. The average molecular weight is 305 g/mol. The summed E-state index contributed by atoms with van der Waals surface area (Å²) in [5.41, 5.74) is 5.05. The second-order valence-corrected chi connectivity index (χ2v) is 5.55. The van der Waals surface area contributed by atoms with Gasteiger partial charge in [0.15, 0.2) is 0 Å². The van der Waals surface area contributed by atoms with E-state index in [1.54, 1.807) is 11.7 Å². The van der Waals surface area contributed by atoms with E-state index in [2.05, 4.69) is 5.10 Å². The maximum absolute atomic E-state index is 11.9. The molecule has 0 saturated heterocycles. The van der Waals surface area contributed by atoms with Gasteiger partial charge in [0.1, 0.15) is 16.0 Å². The minimum Gasteiger partial charge on any atom is -0.464 e. The van der Waals surface area contributed by atoms with Crippen LogP contribution in [0.5, 0.6) is 0 Å². The number of hydrogen-bond acceptors (Lipinski definition) is 4. The van der Waals surface area contributed by atoms with E-state index in [0.29, 0.717) is 5.69 Å². The quantitative estimate of drug-likeness (QED) is 0.632. The van der Waals surface area contributed by atoms with Crippen molar-refractivity contribution in [3.8, 4) is 11.4 Å². The Morgan fingerprint density at radius 2 is 1.86 bits per heavy atom. The van der Waals surface area contributed by atoms with Crippen molar-refractivity contribution in [2.24, 2.45) is 14.1 Å². The fourth-order valence-electron chi connectivity index (χ4n) is 2.67. The number of nitrogens with zero attached hydrogens (tertiary/aromatic N) is 3. The minimum absolute atomic E-state index is 0.389. The predicted molar refractivity (Wildman–Crippen MR) is 84.0 cm³/mol. The highest BCUT2D eigenvalue weighted by atomic mass is 32.1. The van der Waals surface area contributed by atoms with Crippen LogP contribution in [0, 0.1) is 25.4 Å². The molecule has 112 valence electrons. The Kier molecular flexibility index (Phi) is 4.00. The van der Waals surface area contributed by atoms with Crippen LogP contribution in [0.3, 0.4) is 0 Å². The minimum atomic E-state index is -0.389. The second-order valence-electron chi connectivity index (χ2n) is 5.16. The molecule has 0 bridgehead atoms. The Labute approximate surface area is 129 Å². The van der Waals surface area contributed by atoms with Crippen molar-refractivity contribution < 1.29 is 9.53 Å². The van der Waals surface area contributed by atoms with Crippen molar-refractivity contribution in [1.29, 1.82) is 0 Å². The third-order valence-electron chi connectivity index (χ3n) is 3.67. The summed E-state index contributed by atoms with van der Waals surface area (Å²) in [7, 11) is 5.03. The number of ether oxygens (including phenoxy) is 1. The van der Waals surface area contributed by atoms with Gasteiger partial charge < -0.3 is 9.30 Å². The van der Waals surface area contributed by atoms with Gasteiger partial charge in [-0.2, -0.15) is 5.10 Å². The number of carbonyl (C=O) groups is 1. The summed E-state index contributed by atoms with van der Waals surface area (Å²) in [6, 6.07) is 2.05. The molecule has 0 radical (unpaired) electrons. The summed E-state index contributed by atoms with van der Waals surface area (Å²) in [5.74, 6) is -0.389. The lowest BCUT2D eigenvalue weighted by molar-refractivity contribution is 0.0587. The summed E-state index contributed by atoms with van der Waals surface area (Å²) in [6.07, 6.45) is 0. The van der Waals surface area contributed by atoms with Gasteiger partial charge in [0, 0.05) is 19.7 Å². The SMILES string of the molecule is COC(=O)c1c(C)c(-c2c(C)cc(C)c(=S)n2C)nn1C. The molecule has 0 amide bonds. The molecule has 2 heterocycles. The number of carbonyl (C=O) groups excluding carboxylic acids is 1. The first-order valence-electron chi connectivity index (χ1n) is 6.59. The largest absolute Gasteiger partial charge is 0.464 e. The molecule has 0 N–H and O–H groups in total. The second kappa shape index (κ2) is 5.44. The van der Waals surface area contributed by atoms with Gasteiger partial charge in [-0.1, -0.05) is 18.3 Å². The Balaban J connectivity index is 2.79. The monoisotopic (exact) mass is 305 g/mol. The van der Waals surface area contributed by atoms with Gasteiger partial charge in [-0.25, -0.2) is 4.79 Å². The molecular weight excluding hydrogens is 286 g/mol. The fourth-order valence-corrected chi connectivity index (χ4v) is 2.82. The molecule has 0 unspecified atom stereocenters. The van der Waals surface area contributed by atoms with E-state index in [4.69, 9.17) is 17.0 Å². The number of aromatic nitrogens is 3. The first kappa shape index (κ1) is 15.4. The van der Waals surface area contributed by atoms with Crippen molar-refractivity contribution in [2.45, 2.75) is 20.8 Å². The third kappa shape index (κ3) is 2.40. The molecule has 0 aliphatic rings. The highest BCUT2D eigenvalue weighted by Gasteiger charge is 2.22. The highest BCUT2D eigenvalue weighted by molar-refractivity contribution is 7.71. The molecular formula is C15H19N3O2S. The lowest BCUT2D eigenvalue weighted by atomic mass is 10.1. The molecule has 2 aromatic rings. The van der Waals surface area contributed by atoms with Gasteiger partial charge in [-0.3, -0.25) is 4.68 Å². The first-order chi connectivity index (χ1) is 9.79. The summed E-state index contributed by atoms with van der Waals surface area (Å²) < 4.78 is 9.08. The standard InChI is InChI=1S/C15H19N3O2S/c1-8-7-9(2)14(21)17(4)12(8)11-10(3)13(15(19)20-6)18(5)16-11/h7H,1-6H3. The highest BCUT2D eigenvalue weighted by Crippen LogP contribution is 2.28. The van der Waals surface area contributed by atoms with E-state index in [0.717, 1.165) is 32.7 Å². The van der Waals surface area contributed by atoms with E-state index in [1.165, 1.54) is 7.11 Å². The normalized spacial score (nSPS) is 10.8. The lowest BCUT2D eigenvalue weighted by Gasteiger charge is -2.13. The Bertz CT molecular complexity index is 787. The van der Waals surface area contributed by atoms with Gasteiger partial charge in [0.2, 0.25) is 0 Å². The van der Waals surface area contributed by atoms with Crippen LogP contribution in [-0.2, 0) is 18.8 Å². The van der Waals surface area contributed by atoms with E-state index >= 15 is 0 Å². The molecule has 2 rings (SSSR count). The first-order valence-corrected chi connectivity index (χ1v) is 7.00. The van der Waals surface area contributed by atoms with Crippen LogP contribution in [0.1, 0.15) is 27.2 Å². The molecule has 0 fully saturated rings. The van der Waals surface area contributed by atoms with Gasteiger partial charge in [-0.05, 0) is 31.9 Å². The van der Waals surface area contributed by atoms with Gasteiger partial charge in [0.05, 0.1) is 12.8 Å². The van der Waals surface area contributed by atoms with Gasteiger partial charge >= 0.3 is 5.97 Å². The molecule has 0 atom stereocenters. The third-order valence-corrected chi connectivity index (χ3v) is 4.27. The van der Waals surface area contributed by atoms with E-state index < -0.39 is 0 Å². The van der Waals surface area contributed by atoms with Crippen LogP contribution in [-0.4, -0.2) is 27.4 Å². The van der Waals surface area contributed by atoms with Crippen LogP contribution in [0.4, 0.5) is 0 Å². The van der Waals surface area contributed by atoms with Crippen molar-refractivity contribution in [3.63, 3.8) is 0 Å². The number of rotatable bonds is 2. The lowest BCUT2D eigenvalue weighted by Crippen LogP contribution is -2.09. The van der Waals surface area contributed by atoms with Crippen molar-refractivity contribution in [3.05, 3.63) is 33.1 Å². The molecule has 2 aromatic heterocycles. The fraction of sp³-hybridized carbons (Fsp3) is 0.400. The Hall–Kier alpha value is -1.95. The van der Waals surface area contributed by atoms with Gasteiger partial charge in [0.25, 0.3) is 0 Å². The molecule has 0 aliphatic carbocycles.